The third-order valence-corrected chi connectivity index (χ3v) is 6.49. The zero-order chi connectivity index (χ0) is 19.3. The molecule has 0 N–H and O–H groups in total. The Bertz CT molecular complexity index is 893. The molecule has 2 aromatic rings. The van der Waals surface area contributed by atoms with E-state index in [4.69, 9.17) is 23.2 Å². The first kappa shape index (κ1) is 18.5. The molecule has 1 aromatic heterocycles. The third kappa shape index (κ3) is 2.97. The molecule has 27 heavy (non-hydrogen) atoms. The summed E-state index contributed by atoms with van der Waals surface area (Å²) in [7, 11) is 0. The molecule has 7 heteroatoms. The van der Waals surface area contributed by atoms with Gasteiger partial charge in [-0.2, -0.15) is 5.10 Å². The van der Waals surface area contributed by atoms with Crippen LogP contribution in [0, 0.1) is 25.7 Å². The summed E-state index contributed by atoms with van der Waals surface area (Å²) < 4.78 is 1.76. The summed E-state index contributed by atoms with van der Waals surface area (Å²) in [6.07, 6.45) is 3.62. The Hall–Kier alpha value is -1.85. The molecule has 1 saturated carbocycles. The SMILES string of the molecule is Cc1nn(Cc2c(Cl)cccc2Cl)c(C)c1N1C(=O)[C@H]2CCCC[C@H]2C1=O. The van der Waals surface area contributed by atoms with Gasteiger partial charge in [0.25, 0.3) is 0 Å². The average molecular weight is 406 g/mol. The van der Waals surface area contributed by atoms with Crippen molar-refractivity contribution in [2.75, 3.05) is 4.90 Å². The largest absolute Gasteiger partial charge is 0.274 e. The van der Waals surface area contributed by atoms with Gasteiger partial charge in [0.05, 0.1) is 35.5 Å². The van der Waals surface area contributed by atoms with E-state index in [1.165, 1.54) is 4.90 Å². The van der Waals surface area contributed by atoms with Crippen molar-refractivity contribution >= 4 is 40.7 Å². The number of anilines is 1. The minimum Gasteiger partial charge on any atom is -0.274 e. The predicted octanol–water partition coefficient (Wildman–Crippen LogP) is 4.53. The second kappa shape index (κ2) is 6.95. The lowest BCUT2D eigenvalue weighted by Gasteiger charge is -2.19. The molecule has 2 amide bonds. The Labute approximate surface area is 168 Å². The summed E-state index contributed by atoms with van der Waals surface area (Å²) in [4.78, 5) is 27.3. The maximum absolute atomic E-state index is 13.0. The van der Waals surface area contributed by atoms with Gasteiger partial charge in [0.15, 0.2) is 0 Å². The molecule has 1 saturated heterocycles. The first-order valence-corrected chi connectivity index (χ1v) is 10.0. The number of nitrogens with zero attached hydrogens (tertiary/aromatic N) is 3. The van der Waals surface area contributed by atoms with Gasteiger partial charge in [0, 0.05) is 15.6 Å². The average Bonchev–Trinajstić information content (AvgIpc) is 3.05. The zero-order valence-corrected chi connectivity index (χ0v) is 16.8. The van der Waals surface area contributed by atoms with Crippen molar-refractivity contribution in [3.05, 3.63) is 45.2 Å². The second-order valence-electron chi connectivity index (χ2n) is 7.39. The molecule has 1 aliphatic carbocycles. The van der Waals surface area contributed by atoms with E-state index in [0.29, 0.717) is 28.0 Å². The molecule has 0 unspecified atom stereocenters. The maximum atomic E-state index is 13.0. The predicted molar refractivity (Wildman–Crippen MR) is 105 cm³/mol. The smallest absolute Gasteiger partial charge is 0.237 e. The number of benzene rings is 1. The minimum atomic E-state index is -0.175. The quantitative estimate of drug-likeness (QED) is 0.704. The monoisotopic (exact) mass is 405 g/mol. The molecule has 2 heterocycles. The van der Waals surface area contributed by atoms with Crippen LogP contribution < -0.4 is 4.90 Å². The highest BCUT2D eigenvalue weighted by atomic mass is 35.5. The van der Waals surface area contributed by atoms with Crippen molar-refractivity contribution in [3.63, 3.8) is 0 Å². The Balaban J connectivity index is 1.71. The van der Waals surface area contributed by atoms with E-state index >= 15 is 0 Å². The third-order valence-electron chi connectivity index (χ3n) is 5.78. The van der Waals surface area contributed by atoms with E-state index < -0.39 is 0 Å². The van der Waals surface area contributed by atoms with E-state index in [-0.39, 0.29) is 23.7 Å². The van der Waals surface area contributed by atoms with Crippen molar-refractivity contribution in [3.8, 4) is 0 Å². The van der Waals surface area contributed by atoms with E-state index in [1.54, 1.807) is 22.9 Å². The lowest BCUT2D eigenvalue weighted by Crippen LogP contribution is -2.31. The van der Waals surface area contributed by atoms with Crippen LogP contribution in [0.4, 0.5) is 5.69 Å². The van der Waals surface area contributed by atoms with Crippen LogP contribution in [0.1, 0.15) is 42.6 Å². The van der Waals surface area contributed by atoms with Gasteiger partial charge in [-0.15, -0.1) is 0 Å². The van der Waals surface area contributed by atoms with Crippen molar-refractivity contribution in [2.45, 2.75) is 46.1 Å². The number of amides is 2. The van der Waals surface area contributed by atoms with Gasteiger partial charge >= 0.3 is 0 Å². The Kier molecular flexibility index (Phi) is 4.77. The Morgan fingerprint density at radius 1 is 1.04 bits per heavy atom. The van der Waals surface area contributed by atoms with Crippen LogP contribution in [-0.2, 0) is 16.1 Å². The number of aryl methyl sites for hydroxylation is 1. The van der Waals surface area contributed by atoms with Gasteiger partial charge in [0.1, 0.15) is 0 Å². The number of hydrogen-bond acceptors (Lipinski definition) is 3. The molecule has 2 atom stereocenters. The summed E-state index contributed by atoms with van der Waals surface area (Å²) in [5, 5.41) is 5.70. The molecule has 2 aliphatic rings. The molecule has 2 fully saturated rings. The van der Waals surface area contributed by atoms with Gasteiger partial charge in [0.2, 0.25) is 11.8 Å². The van der Waals surface area contributed by atoms with E-state index in [9.17, 15) is 9.59 Å². The summed E-state index contributed by atoms with van der Waals surface area (Å²) in [5.41, 5.74) is 2.81. The van der Waals surface area contributed by atoms with Gasteiger partial charge < -0.3 is 0 Å². The highest BCUT2D eigenvalue weighted by molar-refractivity contribution is 6.36. The Morgan fingerprint density at radius 2 is 1.59 bits per heavy atom. The van der Waals surface area contributed by atoms with Crippen LogP contribution >= 0.6 is 23.2 Å². The Morgan fingerprint density at radius 3 is 2.15 bits per heavy atom. The van der Waals surface area contributed by atoms with E-state index in [1.807, 2.05) is 13.8 Å². The molecule has 1 aliphatic heterocycles. The van der Waals surface area contributed by atoms with Crippen LogP contribution in [0.5, 0.6) is 0 Å². The number of imide groups is 1. The number of hydrogen-bond donors (Lipinski definition) is 0. The standard InChI is InChI=1S/C20H21Cl2N3O2/c1-11-18(25-19(26)13-6-3-4-7-14(13)20(25)27)12(2)24(23-11)10-15-16(21)8-5-9-17(15)22/h5,8-9,13-14H,3-4,6-7,10H2,1-2H3/t13-,14+. The number of fused-ring (bicyclic) bond motifs is 1. The fourth-order valence-electron chi connectivity index (χ4n) is 4.38. The van der Waals surface area contributed by atoms with Crippen LogP contribution in [0.25, 0.3) is 0 Å². The molecule has 5 nitrogen and oxygen atoms in total. The van der Waals surface area contributed by atoms with E-state index in [2.05, 4.69) is 5.10 Å². The summed E-state index contributed by atoms with van der Waals surface area (Å²) in [5.74, 6) is -0.504. The highest BCUT2D eigenvalue weighted by Crippen LogP contribution is 2.42. The van der Waals surface area contributed by atoms with Crippen molar-refractivity contribution in [2.24, 2.45) is 11.8 Å². The van der Waals surface area contributed by atoms with Crippen LogP contribution in [0.2, 0.25) is 10.0 Å². The molecule has 142 valence electrons. The molecule has 0 bridgehead atoms. The molecular formula is C20H21Cl2N3O2. The van der Waals surface area contributed by atoms with Crippen molar-refractivity contribution in [1.82, 2.24) is 9.78 Å². The number of carbonyl (C=O) groups is 2. The fraction of sp³-hybridized carbons (Fsp3) is 0.450. The van der Waals surface area contributed by atoms with Crippen LogP contribution in [0.3, 0.4) is 0 Å². The number of carbonyl (C=O) groups excluding carboxylic acids is 2. The molecule has 1 aromatic carbocycles. The topological polar surface area (TPSA) is 55.2 Å². The van der Waals surface area contributed by atoms with Crippen LogP contribution in [0.15, 0.2) is 18.2 Å². The summed E-state index contributed by atoms with van der Waals surface area (Å²) >= 11 is 12.6. The van der Waals surface area contributed by atoms with Gasteiger partial charge in [-0.05, 0) is 38.8 Å². The minimum absolute atomic E-state index is 0.0776. The van der Waals surface area contributed by atoms with Crippen LogP contribution in [-0.4, -0.2) is 21.6 Å². The number of halogens is 2. The normalized spacial score (nSPS) is 22.4. The van der Waals surface area contributed by atoms with Crippen molar-refractivity contribution < 1.29 is 9.59 Å². The van der Waals surface area contributed by atoms with Crippen molar-refractivity contribution in [1.29, 1.82) is 0 Å². The second-order valence-corrected chi connectivity index (χ2v) is 8.20. The molecular weight excluding hydrogens is 385 g/mol. The van der Waals surface area contributed by atoms with Gasteiger partial charge in [-0.1, -0.05) is 42.1 Å². The summed E-state index contributed by atoms with van der Waals surface area (Å²) in [6, 6.07) is 5.37. The molecule has 4 rings (SSSR count). The zero-order valence-electron chi connectivity index (χ0n) is 15.3. The maximum Gasteiger partial charge on any atom is 0.237 e. The molecule has 0 spiro atoms. The first-order chi connectivity index (χ1) is 12.9. The number of aromatic nitrogens is 2. The van der Waals surface area contributed by atoms with E-state index in [0.717, 1.165) is 36.9 Å². The first-order valence-electron chi connectivity index (χ1n) is 9.25. The molecule has 0 radical (unpaired) electrons. The summed E-state index contributed by atoms with van der Waals surface area (Å²) in [6.45, 7) is 4.09. The fourth-order valence-corrected chi connectivity index (χ4v) is 4.90. The lowest BCUT2D eigenvalue weighted by atomic mass is 9.81. The lowest BCUT2D eigenvalue weighted by molar-refractivity contribution is -0.122. The highest BCUT2D eigenvalue weighted by Gasteiger charge is 2.50. The van der Waals surface area contributed by atoms with Gasteiger partial charge in [-0.3, -0.25) is 14.3 Å². The van der Waals surface area contributed by atoms with Gasteiger partial charge in [-0.25, -0.2) is 4.90 Å². The number of rotatable bonds is 3.